The Morgan fingerprint density at radius 2 is 1.67 bits per heavy atom. The van der Waals surface area contributed by atoms with Gasteiger partial charge in [-0.15, -0.1) is 0 Å². The van der Waals surface area contributed by atoms with Crippen LogP contribution in [0.15, 0.2) is 73.1 Å². The topological polar surface area (TPSA) is 113 Å². The summed E-state index contributed by atoms with van der Waals surface area (Å²) in [4.78, 5) is 33.0. The fourth-order valence-electron chi connectivity index (χ4n) is 7.69. The number of ether oxygens (including phenoxy) is 2. The van der Waals surface area contributed by atoms with Gasteiger partial charge in [0.2, 0.25) is 5.91 Å². The van der Waals surface area contributed by atoms with Gasteiger partial charge < -0.3 is 25.2 Å². The number of amides is 2. The predicted octanol–water partition coefficient (Wildman–Crippen LogP) is 6.56. The van der Waals surface area contributed by atoms with E-state index in [-0.39, 0.29) is 48.1 Å². The van der Waals surface area contributed by atoms with Gasteiger partial charge in [-0.25, -0.2) is 0 Å². The van der Waals surface area contributed by atoms with Crippen LogP contribution in [0.3, 0.4) is 0 Å². The lowest BCUT2D eigenvalue weighted by molar-refractivity contribution is -0.278. The first-order valence-corrected chi connectivity index (χ1v) is 17.5. The van der Waals surface area contributed by atoms with Crippen molar-refractivity contribution in [2.24, 2.45) is 11.8 Å². The monoisotopic (exact) mass is 654 g/mol. The molecular weight excluding hydrogens is 604 g/mol. The molecule has 3 aromatic rings. The molecule has 2 amide bonds. The molecule has 3 fully saturated rings. The van der Waals surface area contributed by atoms with Crippen molar-refractivity contribution in [3.63, 3.8) is 0 Å². The quantitative estimate of drug-likeness (QED) is 0.252. The summed E-state index contributed by atoms with van der Waals surface area (Å²) in [6.07, 6.45) is 8.74. The van der Waals surface area contributed by atoms with Crippen LogP contribution in [0.1, 0.15) is 106 Å². The number of nitrogens with zero attached hydrogens (tertiary/aromatic N) is 2. The Bertz CT molecular complexity index is 1520. The molecule has 2 aromatic carbocycles. The van der Waals surface area contributed by atoms with Gasteiger partial charge in [-0.2, -0.15) is 0 Å². The van der Waals surface area contributed by atoms with Crippen molar-refractivity contribution in [1.82, 2.24) is 15.2 Å². The van der Waals surface area contributed by atoms with Gasteiger partial charge in [0.05, 0.1) is 30.4 Å². The minimum atomic E-state index is -0.648. The number of hydrogen-bond donors (Lipinski definition) is 3. The molecule has 0 radical (unpaired) electrons. The van der Waals surface area contributed by atoms with E-state index in [4.69, 9.17) is 9.47 Å². The van der Waals surface area contributed by atoms with Crippen LogP contribution in [0, 0.1) is 11.8 Å². The molecule has 9 heteroatoms. The van der Waals surface area contributed by atoms with Crippen molar-refractivity contribution in [3.05, 3.63) is 95.3 Å². The van der Waals surface area contributed by atoms with Gasteiger partial charge in [-0.05, 0) is 87.8 Å². The lowest BCUT2D eigenvalue weighted by atomic mass is 9.75. The molecule has 3 aliphatic rings. The van der Waals surface area contributed by atoms with E-state index >= 15 is 0 Å². The predicted molar refractivity (Wildman–Crippen MR) is 185 cm³/mol. The van der Waals surface area contributed by atoms with Gasteiger partial charge in [0.1, 0.15) is 0 Å². The Balaban J connectivity index is 1.27. The second-order valence-corrected chi connectivity index (χ2v) is 14.8. The maximum Gasteiger partial charge on any atom is 0.257 e. The first-order chi connectivity index (χ1) is 23.1. The van der Waals surface area contributed by atoms with Crippen LogP contribution in [0.4, 0.5) is 5.69 Å². The molecule has 9 nitrogen and oxygen atoms in total. The number of likely N-dealkylation sites (tertiary alicyclic amines) is 1. The van der Waals surface area contributed by atoms with E-state index < -0.39 is 6.29 Å². The van der Waals surface area contributed by atoms with Crippen LogP contribution in [0.2, 0.25) is 0 Å². The molecule has 7 unspecified atom stereocenters. The molecule has 6 rings (SSSR count). The number of aliphatic hydroxyl groups excluding tert-OH is 1. The molecule has 0 bridgehead atoms. The summed E-state index contributed by atoms with van der Waals surface area (Å²) >= 11 is 0. The number of aromatic nitrogens is 1. The van der Waals surface area contributed by atoms with Crippen molar-refractivity contribution in [2.45, 2.75) is 109 Å². The summed E-state index contributed by atoms with van der Waals surface area (Å²) in [7, 11) is 0. The molecule has 3 N–H and O–H groups in total. The highest BCUT2D eigenvalue weighted by Crippen LogP contribution is 2.44. The number of pyridine rings is 1. The van der Waals surface area contributed by atoms with E-state index in [0.717, 1.165) is 36.0 Å². The van der Waals surface area contributed by atoms with E-state index in [1.165, 1.54) is 25.5 Å². The lowest BCUT2D eigenvalue weighted by Gasteiger charge is -2.51. The zero-order valence-electron chi connectivity index (χ0n) is 28.6. The van der Waals surface area contributed by atoms with Crippen LogP contribution in [0.5, 0.6) is 0 Å². The minimum absolute atomic E-state index is 0.00503. The normalized spacial score (nSPS) is 27.9. The third-order valence-electron chi connectivity index (χ3n) is 10.2. The molecule has 2 aliphatic heterocycles. The number of piperidine rings is 1. The van der Waals surface area contributed by atoms with E-state index in [9.17, 15) is 14.7 Å². The maximum absolute atomic E-state index is 13.8. The fourth-order valence-corrected chi connectivity index (χ4v) is 7.69. The lowest BCUT2D eigenvalue weighted by Crippen LogP contribution is -2.61. The van der Waals surface area contributed by atoms with Gasteiger partial charge in [0.15, 0.2) is 6.29 Å². The first-order valence-electron chi connectivity index (χ1n) is 17.5. The highest BCUT2D eigenvalue weighted by atomic mass is 16.7. The van der Waals surface area contributed by atoms with Crippen molar-refractivity contribution >= 4 is 17.5 Å². The highest BCUT2D eigenvalue weighted by Gasteiger charge is 2.46. The number of anilines is 1. The third-order valence-corrected chi connectivity index (χ3v) is 10.2. The summed E-state index contributed by atoms with van der Waals surface area (Å²) in [6.45, 7) is 8.91. The number of rotatable bonds is 8. The Morgan fingerprint density at radius 3 is 2.35 bits per heavy atom. The second-order valence-electron chi connectivity index (χ2n) is 14.8. The molecular formula is C39H50N4O5. The number of benzene rings is 2. The van der Waals surface area contributed by atoms with E-state index in [0.29, 0.717) is 29.8 Å². The molecule has 3 heterocycles. The molecule has 7 atom stereocenters. The molecule has 1 aliphatic carbocycles. The Morgan fingerprint density at radius 1 is 0.938 bits per heavy atom. The third kappa shape index (κ3) is 7.97. The number of carbonyl (C=O) groups excluding carboxylic acids is 2. The van der Waals surface area contributed by atoms with Crippen LogP contribution in [0.25, 0.3) is 0 Å². The zero-order chi connectivity index (χ0) is 33.8. The zero-order valence-corrected chi connectivity index (χ0v) is 28.6. The summed E-state index contributed by atoms with van der Waals surface area (Å²) in [5.41, 5.74) is 3.55. The smallest absolute Gasteiger partial charge is 0.257 e. The summed E-state index contributed by atoms with van der Waals surface area (Å²) in [5, 5.41) is 15.9. The summed E-state index contributed by atoms with van der Waals surface area (Å²) in [6, 6.07) is 19.1. The van der Waals surface area contributed by atoms with Gasteiger partial charge in [-0.1, -0.05) is 56.2 Å². The largest absolute Gasteiger partial charge is 0.392 e. The van der Waals surface area contributed by atoms with E-state index in [1.54, 1.807) is 18.3 Å². The SMILES string of the molecule is CC1C(CN2C(C(=O)NC(C)(C)C)CCC3CCCCC32)OC(c2ccc(NC(=O)c3cccnc3)cc2)OC1c1ccc(CO)cc1. The Hall–Kier alpha value is -3.63. The van der Waals surface area contributed by atoms with Gasteiger partial charge in [-0.3, -0.25) is 19.5 Å². The highest BCUT2D eigenvalue weighted by molar-refractivity contribution is 6.04. The van der Waals surface area contributed by atoms with Gasteiger partial charge in [0, 0.05) is 47.7 Å². The molecule has 1 saturated carbocycles. The standard InChI is InChI=1S/C39H50N4O5/c1-25-34(23-43-32-10-6-5-8-27(32)17-20-33(43)37(46)42-39(2,3)4)47-38(48-35(25)28-13-11-26(24-44)12-14-28)29-15-18-31(19-16-29)41-36(45)30-9-7-21-40-22-30/h7,9,11-16,18-19,21-22,25,27,32-35,38,44H,5-6,8,10,17,20,23-24H2,1-4H3,(H,41,45)(H,42,46). The van der Waals surface area contributed by atoms with Crippen molar-refractivity contribution in [1.29, 1.82) is 0 Å². The van der Waals surface area contributed by atoms with E-state index in [2.05, 4.69) is 27.4 Å². The van der Waals surface area contributed by atoms with Gasteiger partial charge in [0.25, 0.3) is 5.91 Å². The number of hydrogen-bond acceptors (Lipinski definition) is 7. The van der Waals surface area contributed by atoms with E-state index in [1.807, 2.05) is 69.3 Å². The molecule has 0 spiro atoms. The van der Waals surface area contributed by atoms with Crippen molar-refractivity contribution in [2.75, 3.05) is 11.9 Å². The van der Waals surface area contributed by atoms with Crippen LogP contribution >= 0.6 is 0 Å². The average Bonchev–Trinajstić information content (AvgIpc) is 3.09. The Kier molecular flexibility index (Phi) is 10.6. The molecule has 48 heavy (non-hydrogen) atoms. The second kappa shape index (κ2) is 14.9. The fraction of sp³-hybridized carbons (Fsp3) is 0.513. The van der Waals surface area contributed by atoms with Crippen molar-refractivity contribution in [3.8, 4) is 0 Å². The number of carbonyl (C=O) groups is 2. The van der Waals surface area contributed by atoms with Crippen molar-refractivity contribution < 1.29 is 24.2 Å². The summed E-state index contributed by atoms with van der Waals surface area (Å²) in [5.74, 6) is 0.464. The molecule has 256 valence electrons. The van der Waals surface area contributed by atoms with Crippen LogP contribution < -0.4 is 10.6 Å². The first kappa shape index (κ1) is 34.2. The minimum Gasteiger partial charge on any atom is -0.392 e. The number of aliphatic hydroxyl groups is 1. The van der Waals surface area contributed by atoms with Crippen LogP contribution in [-0.4, -0.2) is 57.1 Å². The summed E-state index contributed by atoms with van der Waals surface area (Å²) < 4.78 is 13.6. The van der Waals surface area contributed by atoms with Gasteiger partial charge >= 0.3 is 0 Å². The average molecular weight is 655 g/mol. The maximum atomic E-state index is 13.8. The molecule has 2 saturated heterocycles. The number of fused-ring (bicyclic) bond motifs is 1. The molecule has 1 aromatic heterocycles. The van der Waals surface area contributed by atoms with Crippen LogP contribution in [-0.2, 0) is 20.9 Å². The number of nitrogens with one attached hydrogen (secondary N) is 2. The Labute approximate surface area is 284 Å².